The average Bonchev–Trinajstić information content (AvgIpc) is 3.26. The van der Waals surface area contributed by atoms with Crippen LogP contribution in [-0.2, 0) is 34.2 Å². The van der Waals surface area contributed by atoms with Gasteiger partial charge >= 0.3 is 0 Å². The second-order valence-corrected chi connectivity index (χ2v) is 10.0. The maximum Gasteiger partial charge on any atom is 0.227 e. The molecule has 2 heterocycles. The molecular weight excluding hydrogens is 374 g/mol. The van der Waals surface area contributed by atoms with Gasteiger partial charge in [0.15, 0.2) is 0 Å². The van der Waals surface area contributed by atoms with E-state index >= 15 is 0 Å². The molecule has 2 aromatic rings. The second-order valence-electron chi connectivity index (χ2n) is 8.11. The first kappa shape index (κ1) is 21.0. The molecule has 0 aliphatic carbocycles. The highest BCUT2D eigenvalue weighted by atomic mass is 32.2. The molecule has 0 amide bonds. The van der Waals surface area contributed by atoms with E-state index < -0.39 is 9.84 Å². The summed E-state index contributed by atoms with van der Waals surface area (Å²) < 4.78 is 33.4. The second kappa shape index (κ2) is 9.20. The van der Waals surface area contributed by atoms with E-state index in [1.165, 1.54) is 5.56 Å². The summed E-state index contributed by atoms with van der Waals surface area (Å²) in [5.74, 6) is 0.338. The predicted octanol–water partition coefficient (Wildman–Crippen LogP) is 3.12. The molecule has 1 saturated heterocycles. The lowest BCUT2D eigenvalue weighted by atomic mass is 10.2. The normalized spacial score (nSPS) is 17.7. The Labute approximate surface area is 168 Å². The van der Waals surface area contributed by atoms with E-state index in [0.29, 0.717) is 25.6 Å². The molecule has 1 aromatic carbocycles. The molecule has 6 nitrogen and oxygen atoms in total. The number of aromatic nitrogens is 2. The standard InChI is InChI=1S/C21H31N3O3S/c1-17(2)13-24-19(15-23(3)14-18-8-5-4-6-9-18)12-22-21(24)28(25,26)16-20-10-7-11-27-20/h4-6,8-9,12,17,20H,7,10-11,13-16H2,1-3H3. The summed E-state index contributed by atoms with van der Waals surface area (Å²) >= 11 is 0. The van der Waals surface area contributed by atoms with Crippen LogP contribution >= 0.6 is 0 Å². The van der Waals surface area contributed by atoms with Crippen molar-refractivity contribution in [1.82, 2.24) is 14.5 Å². The van der Waals surface area contributed by atoms with Crippen LogP contribution in [0.2, 0.25) is 0 Å². The molecule has 0 radical (unpaired) electrons. The maximum absolute atomic E-state index is 13.0. The van der Waals surface area contributed by atoms with Gasteiger partial charge in [0, 0.05) is 26.2 Å². The fourth-order valence-electron chi connectivity index (χ4n) is 3.65. The third kappa shape index (κ3) is 5.43. The Hall–Kier alpha value is -1.70. The fourth-order valence-corrected chi connectivity index (χ4v) is 5.29. The Bertz CT molecular complexity index is 856. The molecule has 0 spiro atoms. The van der Waals surface area contributed by atoms with Crippen LogP contribution in [-0.4, -0.2) is 48.4 Å². The van der Waals surface area contributed by atoms with Gasteiger partial charge < -0.3 is 9.30 Å². The molecule has 1 aromatic heterocycles. The van der Waals surface area contributed by atoms with E-state index in [4.69, 9.17) is 4.74 Å². The number of sulfone groups is 1. The zero-order valence-corrected chi connectivity index (χ0v) is 17.9. The van der Waals surface area contributed by atoms with Gasteiger partial charge in [0.25, 0.3) is 0 Å². The third-order valence-electron chi connectivity index (χ3n) is 4.88. The van der Waals surface area contributed by atoms with E-state index in [1.807, 2.05) is 29.8 Å². The van der Waals surface area contributed by atoms with E-state index in [-0.39, 0.29) is 17.0 Å². The SMILES string of the molecule is CC(C)Cn1c(CN(C)Cc2ccccc2)cnc1S(=O)(=O)CC1CCCO1. The third-order valence-corrected chi connectivity index (χ3v) is 6.58. The number of ether oxygens (including phenoxy) is 1. The van der Waals surface area contributed by atoms with Crippen molar-refractivity contribution in [2.45, 2.75) is 57.6 Å². The minimum Gasteiger partial charge on any atom is -0.377 e. The van der Waals surface area contributed by atoms with Gasteiger partial charge in [0.1, 0.15) is 0 Å². The molecule has 1 aliphatic rings. The Morgan fingerprint density at radius 2 is 2.00 bits per heavy atom. The molecule has 1 unspecified atom stereocenters. The molecule has 1 aliphatic heterocycles. The summed E-state index contributed by atoms with van der Waals surface area (Å²) in [4.78, 5) is 6.52. The highest BCUT2D eigenvalue weighted by Gasteiger charge is 2.29. The number of hydrogen-bond acceptors (Lipinski definition) is 5. The van der Waals surface area contributed by atoms with Gasteiger partial charge in [0.05, 0.1) is 23.7 Å². The predicted molar refractivity (Wildman–Crippen MR) is 110 cm³/mol. The van der Waals surface area contributed by atoms with E-state index in [2.05, 4.69) is 35.9 Å². The lowest BCUT2D eigenvalue weighted by Gasteiger charge is -2.20. The van der Waals surface area contributed by atoms with Crippen LogP contribution in [0.3, 0.4) is 0 Å². The fraction of sp³-hybridized carbons (Fsp3) is 0.571. The van der Waals surface area contributed by atoms with Crippen molar-refractivity contribution in [1.29, 1.82) is 0 Å². The molecule has 7 heteroatoms. The molecule has 0 saturated carbocycles. The van der Waals surface area contributed by atoms with Crippen molar-refractivity contribution in [3.05, 3.63) is 47.8 Å². The van der Waals surface area contributed by atoms with Crippen molar-refractivity contribution < 1.29 is 13.2 Å². The van der Waals surface area contributed by atoms with Gasteiger partial charge in [-0.25, -0.2) is 13.4 Å². The summed E-state index contributed by atoms with van der Waals surface area (Å²) in [6, 6.07) is 10.3. The molecule has 28 heavy (non-hydrogen) atoms. The summed E-state index contributed by atoms with van der Waals surface area (Å²) in [6.07, 6.45) is 3.23. The molecule has 0 bridgehead atoms. The number of hydrogen-bond donors (Lipinski definition) is 0. The Morgan fingerprint density at radius 1 is 1.25 bits per heavy atom. The summed E-state index contributed by atoms with van der Waals surface area (Å²) in [6.45, 7) is 6.91. The molecular formula is C21H31N3O3S. The number of nitrogens with zero attached hydrogens (tertiary/aromatic N) is 3. The molecule has 1 atom stereocenters. The Kier molecular flexibility index (Phi) is 6.91. The van der Waals surface area contributed by atoms with Crippen LogP contribution in [0.4, 0.5) is 0 Å². The first-order valence-corrected chi connectivity index (χ1v) is 11.6. The lowest BCUT2D eigenvalue weighted by molar-refractivity contribution is 0.127. The Balaban J connectivity index is 1.79. The van der Waals surface area contributed by atoms with Crippen LogP contribution in [0.15, 0.2) is 41.7 Å². The van der Waals surface area contributed by atoms with Gasteiger partial charge in [-0.1, -0.05) is 44.2 Å². The van der Waals surface area contributed by atoms with Crippen LogP contribution in [0, 0.1) is 5.92 Å². The monoisotopic (exact) mass is 405 g/mol. The minimum atomic E-state index is -3.49. The van der Waals surface area contributed by atoms with Crippen LogP contribution in [0.1, 0.15) is 37.9 Å². The molecule has 3 rings (SSSR count). The Morgan fingerprint density at radius 3 is 2.64 bits per heavy atom. The van der Waals surface area contributed by atoms with Crippen molar-refractivity contribution in [3.63, 3.8) is 0 Å². The number of rotatable bonds is 9. The van der Waals surface area contributed by atoms with Gasteiger partial charge in [-0.05, 0) is 31.4 Å². The topological polar surface area (TPSA) is 64.4 Å². The van der Waals surface area contributed by atoms with Crippen LogP contribution in [0.25, 0.3) is 0 Å². The van der Waals surface area contributed by atoms with Crippen molar-refractivity contribution in [2.24, 2.45) is 5.92 Å². The van der Waals surface area contributed by atoms with E-state index in [1.54, 1.807) is 6.20 Å². The highest BCUT2D eigenvalue weighted by Crippen LogP contribution is 2.21. The zero-order valence-electron chi connectivity index (χ0n) is 17.0. The minimum absolute atomic E-state index is 0.0153. The molecule has 0 N–H and O–H groups in total. The van der Waals surface area contributed by atoms with E-state index in [0.717, 1.165) is 25.1 Å². The lowest BCUT2D eigenvalue weighted by Crippen LogP contribution is -2.25. The van der Waals surface area contributed by atoms with Crippen molar-refractivity contribution in [3.8, 4) is 0 Å². The number of imidazole rings is 1. The first-order chi connectivity index (χ1) is 13.3. The highest BCUT2D eigenvalue weighted by molar-refractivity contribution is 7.91. The summed E-state index contributed by atoms with van der Waals surface area (Å²) in [7, 11) is -1.44. The molecule has 1 fully saturated rings. The van der Waals surface area contributed by atoms with E-state index in [9.17, 15) is 8.42 Å². The largest absolute Gasteiger partial charge is 0.377 e. The van der Waals surface area contributed by atoms with Gasteiger partial charge in [0.2, 0.25) is 15.0 Å². The average molecular weight is 406 g/mol. The summed E-state index contributed by atoms with van der Waals surface area (Å²) in [5.41, 5.74) is 2.16. The van der Waals surface area contributed by atoms with Crippen LogP contribution in [0.5, 0.6) is 0 Å². The van der Waals surface area contributed by atoms with Gasteiger partial charge in [-0.2, -0.15) is 0 Å². The van der Waals surface area contributed by atoms with Crippen molar-refractivity contribution >= 4 is 9.84 Å². The molecule has 154 valence electrons. The smallest absolute Gasteiger partial charge is 0.227 e. The first-order valence-electron chi connectivity index (χ1n) is 9.96. The number of benzene rings is 1. The van der Waals surface area contributed by atoms with Gasteiger partial charge in [-0.3, -0.25) is 4.90 Å². The summed E-state index contributed by atoms with van der Waals surface area (Å²) in [5, 5.41) is 0.180. The van der Waals surface area contributed by atoms with Gasteiger partial charge in [-0.15, -0.1) is 0 Å². The quantitative estimate of drug-likeness (QED) is 0.641. The van der Waals surface area contributed by atoms with Crippen molar-refractivity contribution in [2.75, 3.05) is 19.4 Å². The zero-order chi connectivity index (χ0) is 20.1. The van der Waals surface area contributed by atoms with Crippen LogP contribution < -0.4 is 0 Å². The maximum atomic E-state index is 13.0.